The number of likely N-dealkylation sites (N-methyl/N-ethyl adjacent to an activating group) is 1. The van der Waals surface area contributed by atoms with Crippen molar-refractivity contribution >= 4 is 29.9 Å². The number of hydrogen-bond donors (Lipinski definition) is 3. The summed E-state index contributed by atoms with van der Waals surface area (Å²) in [5.41, 5.74) is 2.72. The minimum atomic E-state index is -0.203. The lowest BCUT2D eigenvalue weighted by Crippen LogP contribution is -2.35. The van der Waals surface area contributed by atoms with Crippen molar-refractivity contribution in [1.82, 2.24) is 10.6 Å². The molecule has 2 rings (SSSR count). The van der Waals surface area contributed by atoms with Crippen molar-refractivity contribution < 1.29 is 9.59 Å². The molecule has 1 heterocycles. The molecule has 1 aromatic rings. The maximum atomic E-state index is 12.0. The van der Waals surface area contributed by atoms with Crippen LogP contribution >= 0.6 is 12.4 Å². The molecule has 1 aromatic carbocycles. The molecule has 2 amide bonds. The van der Waals surface area contributed by atoms with Crippen molar-refractivity contribution in [2.45, 2.75) is 12.8 Å². The number of rotatable bonds is 3. The average Bonchev–Trinajstić information content (AvgIpc) is 2.43. The lowest BCUT2D eigenvalue weighted by Gasteiger charge is -2.20. The highest BCUT2D eigenvalue weighted by molar-refractivity contribution is 5.99. The van der Waals surface area contributed by atoms with Crippen LogP contribution in [0.15, 0.2) is 18.2 Å². The van der Waals surface area contributed by atoms with Crippen LogP contribution in [-0.2, 0) is 11.2 Å². The lowest BCUT2D eigenvalue weighted by molar-refractivity contribution is -0.119. The SMILES string of the molecule is CNC(=O)CNC(=O)c1cccc2c1CCCN2.Cl. The minimum absolute atomic E-state index is 0. The summed E-state index contributed by atoms with van der Waals surface area (Å²) in [6.45, 7) is 0.947. The first kappa shape index (κ1) is 15.3. The summed E-state index contributed by atoms with van der Waals surface area (Å²) >= 11 is 0. The topological polar surface area (TPSA) is 70.2 Å². The first-order valence-corrected chi connectivity index (χ1v) is 6.07. The number of fused-ring (bicyclic) bond motifs is 1. The van der Waals surface area contributed by atoms with Gasteiger partial charge in [0.05, 0.1) is 6.54 Å². The van der Waals surface area contributed by atoms with Crippen LogP contribution in [0, 0.1) is 0 Å². The van der Waals surface area contributed by atoms with E-state index in [2.05, 4.69) is 16.0 Å². The van der Waals surface area contributed by atoms with E-state index in [1.807, 2.05) is 12.1 Å². The molecule has 0 bridgehead atoms. The quantitative estimate of drug-likeness (QED) is 0.773. The number of hydrogen-bond acceptors (Lipinski definition) is 3. The molecule has 0 saturated heterocycles. The summed E-state index contributed by atoms with van der Waals surface area (Å²) in [4.78, 5) is 23.1. The molecule has 19 heavy (non-hydrogen) atoms. The van der Waals surface area contributed by atoms with Crippen molar-refractivity contribution in [1.29, 1.82) is 0 Å². The Morgan fingerprint density at radius 2 is 2.16 bits per heavy atom. The van der Waals surface area contributed by atoms with Gasteiger partial charge < -0.3 is 16.0 Å². The zero-order valence-electron chi connectivity index (χ0n) is 10.8. The van der Waals surface area contributed by atoms with Gasteiger partial charge in [-0.15, -0.1) is 12.4 Å². The minimum Gasteiger partial charge on any atom is -0.385 e. The second kappa shape index (κ2) is 6.99. The highest BCUT2D eigenvalue weighted by atomic mass is 35.5. The first-order valence-electron chi connectivity index (χ1n) is 6.07. The highest BCUT2D eigenvalue weighted by Gasteiger charge is 2.17. The molecule has 6 heteroatoms. The van der Waals surface area contributed by atoms with Gasteiger partial charge in [-0.2, -0.15) is 0 Å². The Bertz CT molecular complexity index is 477. The molecule has 0 spiro atoms. The van der Waals surface area contributed by atoms with Crippen LogP contribution in [-0.4, -0.2) is 32.0 Å². The van der Waals surface area contributed by atoms with E-state index in [9.17, 15) is 9.59 Å². The molecule has 0 aliphatic carbocycles. The van der Waals surface area contributed by atoms with Crippen molar-refractivity contribution in [2.24, 2.45) is 0 Å². The predicted molar refractivity (Wildman–Crippen MR) is 76.9 cm³/mol. The lowest BCUT2D eigenvalue weighted by atomic mass is 9.97. The fourth-order valence-corrected chi connectivity index (χ4v) is 2.07. The van der Waals surface area contributed by atoms with E-state index in [0.717, 1.165) is 30.6 Å². The summed E-state index contributed by atoms with van der Waals surface area (Å²) < 4.78 is 0. The Hall–Kier alpha value is -1.75. The molecular formula is C13H18ClN3O2. The van der Waals surface area contributed by atoms with Crippen molar-refractivity contribution in [3.8, 4) is 0 Å². The third-order valence-electron chi connectivity index (χ3n) is 3.03. The van der Waals surface area contributed by atoms with E-state index < -0.39 is 0 Å². The number of carbonyl (C=O) groups is 2. The maximum Gasteiger partial charge on any atom is 0.252 e. The van der Waals surface area contributed by atoms with Crippen LogP contribution in [0.3, 0.4) is 0 Å². The van der Waals surface area contributed by atoms with Gasteiger partial charge in [0.25, 0.3) is 5.91 Å². The van der Waals surface area contributed by atoms with Gasteiger partial charge in [0.1, 0.15) is 0 Å². The molecule has 1 aliphatic heterocycles. The number of benzene rings is 1. The molecule has 3 N–H and O–H groups in total. The van der Waals surface area contributed by atoms with Crippen LogP contribution in [0.4, 0.5) is 5.69 Å². The van der Waals surface area contributed by atoms with Gasteiger partial charge in [-0.25, -0.2) is 0 Å². The maximum absolute atomic E-state index is 12.0. The molecule has 0 fully saturated rings. The molecule has 0 saturated carbocycles. The monoisotopic (exact) mass is 283 g/mol. The Morgan fingerprint density at radius 3 is 2.89 bits per heavy atom. The molecule has 0 atom stereocenters. The first-order chi connectivity index (χ1) is 8.72. The van der Waals surface area contributed by atoms with Gasteiger partial charge >= 0.3 is 0 Å². The van der Waals surface area contributed by atoms with Crippen LogP contribution in [0.2, 0.25) is 0 Å². The van der Waals surface area contributed by atoms with Crippen molar-refractivity contribution in [3.63, 3.8) is 0 Å². The molecule has 0 unspecified atom stereocenters. The van der Waals surface area contributed by atoms with E-state index in [0.29, 0.717) is 5.56 Å². The van der Waals surface area contributed by atoms with Gasteiger partial charge in [0, 0.05) is 24.8 Å². The Morgan fingerprint density at radius 1 is 1.37 bits per heavy atom. The third kappa shape index (κ3) is 3.61. The summed E-state index contributed by atoms with van der Waals surface area (Å²) in [7, 11) is 1.54. The Balaban J connectivity index is 0.00000180. The average molecular weight is 284 g/mol. The normalized spacial score (nSPS) is 12.5. The number of carbonyl (C=O) groups excluding carboxylic acids is 2. The van der Waals surface area contributed by atoms with Crippen LogP contribution in [0.25, 0.3) is 0 Å². The van der Waals surface area contributed by atoms with E-state index in [4.69, 9.17) is 0 Å². The van der Waals surface area contributed by atoms with Crippen molar-refractivity contribution in [2.75, 3.05) is 25.5 Å². The fourth-order valence-electron chi connectivity index (χ4n) is 2.07. The molecule has 1 aliphatic rings. The Labute approximate surface area is 118 Å². The van der Waals surface area contributed by atoms with E-state index in [-0.39, 0.29) is 30.8 Å². The summed E-state index contributed by atoms with van der Waals surface area (Å²) in [6.07, 6.45) is 1.92. The van der Waals surface area contributed by atoms with Crippen LogP contribution in [0.5, 0.6) is 0 Å². The second-order valence-corrected chi connectivity index (χ2v) is 4.22. The molecular weight excluding hydrogens is 266 g/mol. The Kier molecular flexibility index (Phi) is 5.63. The second-order valence-electron chi connectivity index (χ2n) is 4.22. The molecule has 5 nitrogen and oxygen atoms in total. The predicted octanol–water partition coefficient (Wildman–Crippen LogP) is 0.942. The number of amides is 2. The number of halogens is 1. The van der Waals surface area contributed by atoms with Crippen molar-refractivity contribution in [3.05, 3.63) is 29.3 Å². The largest absolute Gasteiger partial charge is 0.385 e. The van der Waals surface area contributed by atoms with E-state index in [1.165, 1.54) is 0 Å². The van der Waals surface area contributed by atoms with Gasteiger partial charge in [-0.1, -0.05) is 6.07 Å². The van der Waals surface area contributed by atoms with Crippen LogP contribution in [0.1, 0.15) is 22.3 Å². The fraction of sp³-hybridized carbons (Fsp3) is 0.385. The van der Waals surface area contributed by atoms with Gasteiger partial charge in [-0.05, 0) is 30.5 Å². The van der Waals surface area contributed by atoms with Crippen LogP contribution < -0.4 is 16.0 Å². The van der Waals surface area contributed by atoms with Gasteiger partial charge in [0.2, 0.25) is 5.91 Å². The summed E-state index contributed by atoms with van der Waals surface area (Å²) in [5, 5.41) is 8.36. The van der Waals surface area contributed by atoms with E-state index >= 15 is 0 Å². The third-order valence-corrected chi connectivity index (χ3v) is 3.03. The number of nitrogens with one attached hydrogen (secondary N) is 3. The van der Waals surface area contributed by atoms with E-state index in [1.54, 1.807) is 13.1 Å². The zero-order valence-corrected chi connectivity index (χ0v) is 11.6. The standard InChI is InChI=1S/C13H17N3O2.ClH/c1-14-12(17)8-16-13(18)10-4-2-6-11-9(10)5-3-7-15-11;/h2,4,6,15H,3,5,7-8H2,1H3,(H,14,17)(H,16,18);1H. The summed E-state index contributed by atoms with van der Waals surface area (Å²) in [6, 6.07) is 5.63. The number of anilines is 1. The van der Waals surface area contributed by atoms with Gasteiger partial charge in [0.15, 0.2) is 0 Å². The highest BCUT2D eigenvalue weighted by Crippen LogP contribution is 2.25. The molecule has 0 radical (unpaired) electrons. The van der Waals surface area contributed by atoms with Gasteiger partial charge in [-0.3, -0.25) is 9.59 Å². The zero-order chi connectivity index (χ0) is 13.0. The smallest absolute Gasteiger partial charge is 0.252 e. The summed E-state index contributed by atoms with van der Waals surface area (Å²) in [5.74, 6) is -0.398. The molecule has 104 valence electrons. The molecule has 0 aromatic heterocycles.